The molecule has 84 valence electrons. The summed E-state index contributed by atoms with van der Waals surface area (Å²) in [4.78, 5) is 10.1. The summed E-state index contributed by atoms with van der Waals surface area (Å²) in [6.45, 7) is 2.29. The molecule has 0 saturated carbocycles. The van der Waals surface area contributed by atoms with Crippen LogP contribution < -0.4 is 0 Å². The van der Waals surface area contributed by atoms with Crippen LogP contribution in [-0.2, 0) is 9.47 Å². The highest BCUT2D eigenvalue weighted by Crippen LogP contribution is 2.08. The Morgan fingerprint density at radius 1 is 1.36 bits per heavy atom. The van der Waals surface area contributed by atoms with Gasteiger partial charge in [0.15, 0.2) is 0 Å². The van der Waals surface area contributed by atoms with Crippen LogP contribution in [0.3, 0.4) is 0 Å². The Morgan fingerprint density at radius 2 is 2.07 bits per heavy atom. The normalized spacial score (nSPS) is 12.4. The van der Waals surface area contributed by atoms with Gasteiger partial charge in [-0.25, -0.2) is 4.79 Å². The lowest BCUT2D eigenvalue weighted by molar-refractivity contribution is 0.0118. The quantitative estimate of drug-likeness (QED) is 0.488. The van der Waals surface area contributed by atoms with Crippen LogP contribution in [0.1, 0.15) is 39.0 Å². The number of methoxy groups -OCH3 is 1. The lowest BCUT2D eigenvalue weighted by Crippen LogP contribution is -2.20. The fourth-order valence-electron chi connectivity index (χ4n) is 1.23. The van der Waals surface area contributed by atoms with Crippen LogP contribution in [0, 0.1) is 0 Å². The van der Waals surface area contributed by atoms with E-state index in [4.69, 9.17) is 9.84 Å². The van der Waals surface area contributed by atoms with Crippen molar-refractivity contribution in [1.82, 2.24) is 0 Å². The maximum Gasteiger partial charge on any atom is 0.505 e. The Bertz CT molecular complexity index is 147. The van der Waals surface area contributed by atoms with Gasteiger partial charge in [0, 0.05) is 7.11 Å². The minimum atomic E-state index is -1.24. The van der Waals surface area contributed by atoms with E-state index in [1.54, 1.807) is 7.11 Å². The van der Waals surface area contributed by atoms with Crippen LogP contribution in [-0.4, -0.2) is 31.1 Å². The van der Waals surface area contributed by atoms with Gasteiger partial charge in [-0.1, -0.05) is 32.6 Å². The molecule has 4 heteroatoms. The second-order valence-corrected chi connectivity index (χ2v) is 3.28. The van der Waals surface area contributed by atoms with Gasteiger partial charge in [-0.15, -0.1) is 0 Å². The molecular formula is C10H20O4. The van der Waals surface area contributed by atoms with Gasteiger partial charge in [-0.2, -0.15) is 0 Å². The van der Waals surface area contributed by atoms with Gasteiger partial charge in [0.2, 0.25) is 0 Å². The number of ether oxygens (including phenoxy) is 2. The Morgan fingerprint density at radius 3 is 2.57 bits per heavy atom. The Kier molecular flexibility index (Phi) is 8.33. The third-order valence-electron chi connectivity index (χ3n) is 2.11. The molecule has 0 rings (SSSR count). The summed E-state index contributed by atoms with van der Waals surface area (Å²) < 4.78 is 9.54. The summed E-state index contributed by atoms with van der Waals surface area (Å²) in [6, 6.07) is 0. The molecule has 0 aliphatic heterocycles. The van der Waals surface area contributed by atoms with Crippen molar-refractivity contribution in [3.63, 3.8) is 0 Å². The summed E-state index contributed by atoms with van der Waals surface area (Å²) in [6.07, 6.45) is 4.19. The average molecular weight is 204 g/mol. The Labute approximate surface area is 85.2 Å². The Balaban J connectivity index is 3.42. The van der Waals surface area contributed by atoms with E-state index in [1.807, 2.05) is 0 Å². The third-order valence-corrected chi connectivity index (χ3v) is 2.11. The molecule has 0 aromatic rings. The molecule has 0 radical (unpaired) electrons. The zero-order valence-electron chi connectivity index (χ0n) is 8.99. The highest BCUT2D eigenvalue weighted by molar-refractivity contribution is 5.56. The van der Waals surface area contributed by atoms with E-state index in [1.165, 1.54) is 19.3 Å². The first-order chi connectivity index (χ1) is 6.70. The molecule has 0 saturated heterocycles. The minimum absolute atomic E-state index is 0.0945. The smallest absolute Gasteiger partial charge is 0.450 e. The molecule has 14 heavy (non-hydrogen) atoms. The van der Waals surface area contributed by atoms with Crippen molar-refractivity contribution in [2.45, 2.75) is 45.1 Å². The third kappa shape index (κ3) is 7.86. The SMILES string of the molecule is CCCCCCC(COC(=O)O)OC. The van der Waals surface area contributed by atoms with Crippen LogP contribution in [0.15, 0.2) is 0 Å². The maximum absolute atomic E-state index is 10.1. The van der Waals surface area contributed by atoms with Crippen LogP contribution in [0.4, 0.5) is 4.79 Å². The number of rotatable bonds is 8. The van der Waals surface area contributed by atoms with Crippen molar-refractivity contribution in [3.05, 3.63) is 0 Å². The predicted octanol–water partition coefficient (Wildman–Crippen LogP) is 2.67. The van der Waals surface area contributed by atoms with Crippen molar-refractivity contribution >= 4 is 6.16 Å². The van der Waals surface area contributed by atoms with Crippen LogP contribution in [0.5, 0.6) is 0 Å². The molecule has 0 bridgehead atoms. The molecule has 0 spiro atoms. The van der Waals surface area contributed by atoms with Gasteiger partial charge >= 0.3 is 6.16 Å². The van der Waals surface area contributed by atoms with Gasteiger partial charge in [0.25, 0.3) is 0 Å². The van der Waals surface area contributed by atoms with E-state index in [0.717, 1.165) is 12.8 Å². The van der Waals surface area contributed by atoms with Crippen molar-refractivity contribution < 1.29 is 19.4 Å². The van der Waals surface area contributed by atoms with Crippen molar-refractivity contribution in [3.8, 4) is 0 Å². The largest absolute Gasteiger partial charge is 0.505 e. The number of unbranched alkanes of at least 4 members (excludes halogenated alkanes) is 3. The first kappa shape index (κ1) is 13.2. The minimum Gasteiger partial charge on any atom is -0.450 e. The second kappa shape index (κ2) is 8.81. The topological polar surface area (TPSA) is 55.8 Å². The fourth-order valence-corrected chi connectivity index (χ4v) is 1.23. The van der Waals surface area contributed by atoms with Gasteiger partial charge in [-0.05, 0) is 6.42 Å². The monoisotopic (exact) mass is 204 g/mol. The lowest BCUT2D eigenvalue weighted by Gasteiger charge is -2.13. The summed E-state index contributed by atoms with van der Waals surface area (Å²) in [5.74, 6) is 0. The predicted molar refractivity (Wildman–Crippen MR) is 53.5 cm³/mol. The zero-order chi connectivity index (χ0) is 10.8. The van der Waals surface area contributed by atoms with Gasteiger partial charge < -0.3 is 14.6 Å². The molecule has 0 aromatic carbocycles. The van der Waals surface area contributed by atoms with Crippen LogP contribution >= 0.6 is 0 Å². The van der Waals surface area contributed by atoms with Crippen LogP contribution in [0.2, 0.25) is 0 Å². The van der Waals surface area contributed by atoms with Crippen molar-refractivity contribution in [2.24, 2.45) is 0 Å². The number of hydrogen-bond donors (Lipinski definition) is 1. The first-order valence-electron chi connectivity index (χ1n) is 5.09. The van der Waals surface area contributed by atoms with E-state index >= 15 is 0 Å². The molecule has 0 aliphatic carbocycles. The highest BCUT2D eigenvalue weighted by Gasteiger charge is 2.09. The molecule has 1 unspecified atom stereocenters. The molecule has 0 aliphatic rings. The van der Waals surface area contributed by atoms with E-state index in [-0.39, 0.29) is 12.7 Å². The molecule has 0 aromatic heterocycles. The van der Waals surface area contributed by atoms with Crippen molar-refractivity contribution in [1.29, 1.82) is 0 Å². The first-order valence-corrected chi connectivity index (χ1v) is 5.09. The van der Waals surface area contributed by atoms with E-state index in [0.29, 0.717) is 0 Å². The zero-order valence-corrected chi connectivity index (χ0v) is 8.99. The molecule has 1 N–H and O–H groups in total. The summed E-state index contributed by atoms with van der Waals surface area (Å²) in [5, 5.41) is 8.29. The van der Waals surface area contributed by atoms with Crippen molar-refractivity contribution in [2.75, 3.05) is 13.7 Å². The molecule has 1 atom stereocenters. The van der Waals surface area contributed by atoms with Gasteiger partial charge in [0.05, 0.1) is 6.10 Å². The standard InChI is InChI=1S/C10H20O4/c1-3-4-5-6-7-9(13-2)8-14-10(11)12/h9H,3-8H2,1-2H3,(H,11,12). The van der Waals surface area contributed by atoms with E-state index < -0.39 is 6.16 Å². The van der Waals surface area contributed by atoms with Gasteiger partial charge in [-0.3, -0.25) is 0 Å². The molecule has 0 fully saturated rings. The molecule has 0 heterocycles. The second-order valence-electron chi connectivity index (χ2n) is 3.28. The molecular weight excluding hydrogens is 184 g/mol. The van der Waals surface area contributed by atoms with E-state index in [2.05, 4.69) is 11.7 Å². The number of hydrogen-bond acceptors (Lipinski definition) is 3. The average Bonchev–Trinajstić information content (AvgIpc) is 2.16. The summed E-state index contributed by atoms with van der Waals surface area (Å²) >= 11 is 0. The van der Waals surface area contributed by atoms with E-state index in [9.17, 15) is 4.79 Å². The lowest BCUT2D eigenvalue weighted by atomic mass is 10.1. The number of carbonyl (C=O) groups is 1. The number of carboxylic acid groups (broad SMARTS) is 1. The molecule has 0 amide bonds. The maximum atomic E-state index is 10.1. The highest BCUT2D eigenvalue weighted by atomic mass is 16.7. The van der Waals surface area contributed by atoms with Crippen LogP contribution in [0.25, 0.3) is 0 Å². The Hall–Kier alpha value is -0.770. The summed E-state index contributed by atoms with van der Waals surface area (Å²) in [7, 11) is 1.58. The fraction of sp³-hybridized carbons (Fsp3) is 0.900. The summed E-state index contributed by atoms with van der Waals surface area (Å²) in [5.41, 5.74) is 0. The van der Waals surface area contributed by atoms with Gasteiger partial charge in [0.1, 0.15) is 6.61 Å². The molecule has 4 nitrogen and oxygen atoms in total.